The minimum atomic E-state index is -0.561. The largest absolute Gasteiger partial charge is 0.390 e. The first-order valence-corrected chi connectivity index (χ1v) is 7.87. The lowest BCUT2D eigenvalue weighted by Crippen LogP contribution is -2.16. The Morgan fingerprint density at radius 3 is 2.58 bits per heavy atom. The molecular weight excluding hydrogens is 338 g/mol. The highest BCUT2D eigenvalue weighted by Gasteiger charge is 2.23. The van der Waals surface area contributed by atoms with Gasteiger partial charge in [0.15, 0.2) is 5.69 Å². The van der Waals surface area contributed by atoms with Crippen LogP contribution in [0.1, 0.15) is 33.1 Å². The van der Waals surface area contributed by atoms with Crippen LogP contribution in [0.25, 0.3) is 0 Å². The zero-order chi connectivity index (χ0) is 18.8. The maximum atomic E-state index is 12.6. The van der Waals surface area contributed by atoms with Crippen LogP contribution in [0.2, 0.25) is 0 Å². The summed E-state index contributed by atoms with van der Waals surface area (Å²) in [6, 6.07) is 8.73. The van der Waals surface area contributed by atoms with Crippen molar-refractivity contribution in [3.8, 4) is 0 Å². The van der Waals surface area contributed by atoms with E-state index >= 15 is 0 Å². The highest BCUT2D eigenvalue weighted by Crippen LogP contribution is 2.19. The van der Waals surface area contributed by atoms with E-state index in [1.807, 2.05) is 19.1 Å². The summed E-state index contributed by atoms with van der Waals surface area (Å²) in [6.45, 7) is 5.48. The van der Waals surface area contributed by atoms with Crippen molar-refractivity contribution < 1.29 is 14.2 Å². The molecule has 2 heterocycles. The summed E-state index contributed by atoms with van der Waals surface area (Å²) < 4.78 is 6.60. The van der Waals surface area contributed by atoms with Crippen molar-refractivity contribution in [2.45, 2.75) is 27.3 Å². The summed E-state index contributed by atoms with van der Waals surface area (Å²) in [6.07, 6.45) is 0. The molecule has 0 atom stereocenters. The van der Waals surface area contributed by atoms with Gasteiger partial charge >= 0.3 is 5.82 Å². The molecule has 0 aliphatic carbocycles. The molecule has 2 aromatic heterocycles. The molecule has 0 aliphatic rings. The number of rotatable bonds is 5. The van der Waals surface area contributed by atoms with Gasteiger partial charge in [-0.25, -0.2) is 0 Å². The maximum Gasteiger partial charge on any atom is 0.390 e. The first-order chi connectivity index (χ1) is 12.3. The minimum Gasteiger partial charge on any atom is -0.361 e. The molecule has 0 spiro atoms. The molecule has 3 aromatic rings. The summed E-state index contributed by atoms with van der Waals surface area (Å²) in [5.41, 5.74) is 2.97. The minimum absolute atomic E-state index is 0.126. The monoisotopic (exact) mass is 355 g/mol. The highest BCUT2D eigenvalue weighted by molar-refractivity contribution is 6.03. The lowest BCUT2D eigenvalue weighted by Gasteiger charge is -2.05. The fraction of sp³-hybridized carbons (Fsp3) is 0.235. The van der Waals surface area contributed by atoms with Gasteiger partial charge in [0.1, 0.15) is 5.76 Å². The number of aryl methyl sites for hydroxylation is 3. The molecule has 134 valence electrons. The van der Waals surface area contributed by atoms with Crippen LogP contribution in [0.4, 0.5) is 11.5 Å². The smallest absolute Gasteiger partial charge is 0.361 e. The molecule has 26 heavy (non-hydrogen) atoms. The third-order valence-electron chi connectivity index (χ3n) is 3.97. The highest BCUT2D eigenvalue weighted by atomic mass is 16.6. The Balaban J connectivity index is 1.85. The molecule has 0 saturated carbocycles. The predicted octanol–water partition coefficient (Wildman–Crippen LogP) is 3.01. The fourth-order valence-corrected chi connectivity index (χ4v) is 2.47. The van der Waals surface area contributed by atoms with Gasteiger partial charge in [0.05, 0.1) is 29.0 Å². The fourth-order valence-electron chi connectivity index (χ4n) is 2.47. The van der Waals surface area contributed by atoms with Gasteiger partial charge < -0.3 is 20.0 Å². The Morgan fingerprint density at radius 1 is 1.27 bits per heavy atom. The van der Waals surface area contributed by atoms with E-state index in [-0.39, 0.29) is 18.1 Å². The molecule has 1 N–H and O–H groups in total. The Bertz CT molecular complexity index is 972. The van der Waals surface area contributed by atoms with E-state index in [4.69, 9.17) is 4.52 Å². The Hall–Kier alpha value is -3.49. The number of amides is 1. The van der Waals surface area contributed by atoms with Crippen LogP contribution in [0, 0.1) is 30.9 Å². The molecular formula is C17H17N5O4. The van der Waals surface area contributed by atoms with Crippen LogP contribution < -0.4 is 5.32 Å². The molecule has 3 rings (SSSR count). The normalized spacial score (nSPS) is 10.7. The van der Waals surface area contributed by atoms with E-state index in [1.165, 1.54) is 10.7 Å². The van der Waals surface area contributed by atoms with E-state index in [2.05, 4.69) is 15.6 Å². The van der Waals surface area contributed by atoms with Crippen molar-refractivity contribution >= 4 is 17.4 Å². The topological polar surface area (TPSA) is 116 Å². The SMILES string of the molecule is Cc1ccc(NC(=O)c2noc(C)c2Cn2nc([N+](=O)[O-])cc2C)cc1. The Labute approximate surface area is 148 Å². The van der Waals surface area contributed by atoms with Gasteiger partial charge in [-0.3, -0.25) is 4.79 Å². The molecule has 0 unspecified atom stereocenters. The van der Waals surface area contributed by atoms with Crippen LogP contribution in [0.3, 0.4) is 0 Å². The van der Waals surface area contributed by atoms with Crippen molar-refractivity contribution in [2.75, 3.05) is 5.32 Å². The number of benzene rings is 1. The Morgan fingerprint density at radius 2 is 1.96 bits per heavy atom. The quantitative estimate of drug-likeness (QED) is 0.555. The molecule has 1 aromatic carbocycles. The number of nitro groups is 1. The van der Waals surface area contributed by atoms with Gasteiger partial charge in [0.25, 0.3) is 5.91 Å². The molecule has 0 saturated heterocycles. The van der Waals surface area contributed by atoms with Crippen LogP contribution in [-0.2, 0) is 6.54 Å². The number of nitrogens with one attached hydrogen (secondary N) is 1. The number of anilines is 1. The van der Waals surface area contributed by atoms with Crippen LogP contribution in [-0.4, -0.2) is 25.8 Å². The first kappa shape index (κ1) is 17.3. The van der Waals surface area contributed by atoms with Crippen LogP contribution >= 0.6 is 0 Å². The number of carbonyl (C=O) groups excluding carboxylic acids is 1. The summed E-state index contributed by atoms with van der Waals surface area (Å²) in [5, 5.41) is 21.4. The van der Waals surface area contributed by atoms with E-state index in [0.29, 0.717) is 22.7 Å². The van der Waals surface area contributed by atoms with Crippen molar-refractivity contribution in [2.24, 2.45) is 0 Å². The summed E-state index contributed by atoms with van der Waals surface area (Å²) in [5.74, 6) is -0.209. The summed E-state index contributed by atoms with van der Waals surface area (Å²) in [4.78, 5) is 22.9. The molecule has 0 aliphatic heterocycles. The zero-order valence-electron chi connectivity index (χ0n) is 14.5. The number of hydrogen-bond acceptors (Lipinski definition) is 6. The summed E-state index contributed by atoms with van der Waals surface area (Å²) >= 11 is 0. The van der Waals surface area contributed by atoms with E-state index < -0.39 is 10.8 Å². The second-order valence-electron chi connectivity index (χ2n) is 5.94. The molecule has 9 heteroatoms. The number of hydrogen-bond donors (Lipinski definition) is 1. The Kier molecular flexibility index (Phi) is 4.53. The standard InChI is InChI=1S/C17H17N5O4/c1-10-4-6-13(7-5-10)18-17(23)16-14(12(3)26-20-16)9-21-11(2)8-15(19-21)22(24)25/h4-8H,9H2,1-3H3,(H,18,23). The van der Waals surface area contributed by atoms with Gasteiger partial charge in [0, 0.05) is 5.69 Å². The first-order valence-electron chi connectivity index (χ1n) is 7.87. The number of aromatic nitrogens is 3. The average Bonchev–Trinajstić information content (AvgIpc) is 3.14. The molecule has 0 radical (unpaired) electrons. The van der Waals surface area contributed by atoms with Gasteiger partial charge in [-0.15, -0.1) is 0 Å². The van der Waals surface area contributed by atoms with E-state index in [1.54, 1.807) is 26.0 Å². The second-order valence-corrected chi connectivity index (χ2v) is 5.94. The van der Waals surface area contributed by atoms with E-state index in [0.717, 1.165) is 5.56 Å². The summed E-state index contributed by atoms with van der Waals surface area (Å²) in [7, 11) is 0. The molecule has 0 fully saturated rings. The predicted molar refractivity (Wildman–Crippen MR) is 93.1 cm³/mol. The third-order valence-corrected chi connectivity index (χ3v) is 3.97. The third kappa shape index (κ3) is 3.46. The maximum absolute atomic E-state index is 12.6. The number of nitrogens with zero attached hydrogens (tertiary/aromatic N) is 4. The molecule has 9 nitrogen and oxygen atoms in total. The van der Waals surface area contributed by atoms with Crippen LogP contribution in [0.5, 0.6) is 0 Å². The van der Waals surface area contributed by atoms with Crippen molar-refractivity contribution in [1.82, 2.24) is 14.9 Å². The van der Waals surface area contributed by atoms with Gasteiger partial charge in [-0.2, -0.15) is 4.68 Å². The zero-order valence-corrected chi connectivity index (χ0v) is 14.5. The van der Waals surface area contributed by atoms with Gasteiger partial charge in [0.2, 0.25) is 0 Å². The lowest BCUT2D eigenvalue weighted by molar-refractivity contribution is -0.389. The van der Waals surface area contributed by atoms with Gasteiger partial charge in [-0.05, 0) is 37.8 Å². The van der Waals surface area contributed by atoms with Crippen LogP contribution in [0.15, 0.2) is 34.9 Å². The number of carbonyl (C=O) groups is 1. The average molecular weight is 355 g/mol. The van der Waals surface area contributed by atoms with Crippen molar-refractivity contribution in [1.29, 1.82) is 0 Å². The second kappa shape index (κ2) is 6.79. The molecule has 0 bridgehead atoms. The van der Waals surface area contributed by atoms with Gasteiger partial charge in [-0.1, -0.05) is 22.9 Å². The lowest BCUT2D eigenvalue weighted by atomic mass is 10.1. The molecule has 1 amide bonds. The van der Waals surface area contributed by atoms with E-state index in [9.17, 15) is 14.9 Å². The van der Waals surface area contributed by atoms with Crippen molar-refractivity contribution in [3.05, 3.63) is 68.7 Å². The van der Waals surface area contributed by atoms with Crippen molar-refractivity contribution in [3.63, 3.8) is 0 Å².